The average molecular weight is 356 g/mol. The minimum atomic E-state index is -0.392. The highest BCUT2D eigenvalue weighted by Gasteiger charge is 2.25. The number of rotatable bonds is 5. The second-order valence-corrected chi connectivity index (χ2v) is 6.46. The number of hydrogen-bond donors (Lipinski definition) is 1. The summed E-state index contributed by atoms with van der Waals surface area (Å²) in [5.41, 5.74) is 1.35. The summed E-state index contributed by atoms with van der Waals surface area (Å²) in [5.74, 6) is 0.718. The molecule has 25 heavy (non-hydrogen) atoms. The van der Waals surface area contributed by atoms with E-state index in [1.54, 1.807) is 24.3 Å². The molecule has 0 fully saturated rings. The Balaban J connectivity index is 1.82. The standard InChI is InChI=1S/C19H18ClN3O2/c1-12(2)16(21-18(24)14-9-6-10-15(20)11-14)19-22-17(23-25-19)13-7-4-3-5-8-13/h3-12,16H,1-2H3,(H,21,24)/t16-/m1/s1. The van der Waals surface area contributed by atoms with Gasteiger partial charge in [0.2, 0.25) is 11.7 Å². The molecular weight excluding hydrogens is 338 g/mol. The van der Waals surface area contributed by atoms with E-state index in [1.165, 1.54) is 0 Å². The Hall–Kier alpha value is -2.66. The Kier molecular flexibility index (Phi) is 5.14. The van der Waals surface area contributed by atoms with E-state index < -0.39 is 6.04 Å². The first kappa shape index (κ1) is 17.2. The Morgan fingerprint density at radius 3 is 2.56 bits per heavy atom. The van der Waals surface area contributed by atoms with E-state index >= 15 is 0 Å². The molecule has 1 N–H and O–H groups in total. The van der Waals surface area contributed by atoms with Gasteiger partial charge in [-0.1, -0.05) is 67.0 Å². The van der Waals surface area contributed by atoms with Crippen molar-refractivity contribution in [2.45, 2.75) is 19.9 Å². The monoisotopic (exact) mass is 355 g/mol. The van der Waals surface area contributed by atoms with Gasteiger partial charge in [-0.2, -0.15) is 4.98 Å². The summed E-state index contributed by atoms with van der Waals surface area (Å²) in [7, 11) is 0. The molecule has 0 aliphatic heterocycles. The third-order valence-electron chi connectivity index (χ3n) is 3.78. The summed E-state index contributed by atoms with van der Waals surface area (Å²) in [6.07, 6.45) is 0. The smallest absolute Gasteiger partial charge is 0.251 e. The number of benzene rings is 2. The molecule has 1 amide bonds. The fourth-order valence-electron chi connectivity index (χ4n) is 2.43. The van der Waals surface area contributed by atoms with Crippen LogP contribution < -0.4 is 5.32 Å². The average Bonchev–Trinajstić information content (AvgIpc) is 3.09. The number of aromatic nitrogens is 2. The molecule has 1 aromatic heterocycles. The molecule has 6 heteroatoms. The predicted molar refractivity (Wildman–Crippen MR) is 96.2 cm³/mol. The summed E-state index contributed by atoms with van der Waals surface area (Å²) in [6.45, 7) is 3.96. The summed E-state index contributed by atoms with van der Waals surface area (Å²) in [5, 5.41) is 7.48. The van der Waals surface area contributed by atoms with Crippen LogP contribution in [0.4, 0.5) is 0 Å². The topological polar surface area (TPSA) is 68.0 Å². The molecule has 0 saturated carbocycles. The SMILES string of the molecule is CC(C)[C@@H](NC(=O)c1cccc(Cl)c1)c1nc(-c2ccccc2)no1. The van der Waals surface area contributed by atoms with Crippen molar-refractivity contribution in [1.82, 2.24) is 15.5 Å². The largest absolute Gasteiger partial charge is 0.340 e. The highest BCUT2D eigenvalue weighted by molar-refractivity contribution is 6.30. The van der Waals surface area contributed by atoms with Crippen LogP contribution in [0.5, 0.6) is 0 Å². The van der Waals surface area contributed by atoms with Gasteiger partial charge in [0.15, 0.2) is 0 Å². The molecule has 1 atom stereocenters. The molecular formula is C19H18ClN3O2. The van der Waals surface area contributed by atoms with Crippen molar-refractivity contribution in [3.63, 3.8) is 0 Å². The minimum Gasteiger partial charge on any atom is -0.340 e. The fourth-order valence-corrected chi connectivity index (χ4v) is 2.62. The van der Waals surface area contributed by atoms with Gasteiger partial charge in [0.05, 0.1) is 0 Å². The van der Waals surface area contributed by atoms with E-state index in [-0.39, 0.29) is 11.8 Å². The van der Waals surface area contributed by atoms with E-state index in [0.717, 1.165) is 5.56 Å². The Bertz CT molecular complexity index is 862. The number of nitrogens with zero attached hydrogens (tertiary/aromatic N) is 2. The summed E-state index contributed by atoms with van der Waals surface area (Å²) in [6, 6.07) is 16.0. The number of hydrogen-bond acceptors (Lipinski definition) is 4. The second-order valence-electron chi connectivity index (χ2n) is 6.03. The number of amides is 1. The van der Waals surface area contributed by atoms with Gasteiger partial charge >= 0.3 is 0 Å². The van der Waals surface area contributed by atoms with Crippen LogP contribution >= 0.6 is 11.6 Å². The zero-order valence-corrected chi connectivity index (χ0v) is 14.7. The molecule has 0 saturated heterocycles. The zero-order chi connectivity index (χ0) is 17.8. The first-order valence-electron chi connectivity index (χ1n) is 8.00. The molecule has 0 spiro atoms. The maximum Gasteiger partial charge on any atom is 0.251 e. The summed E-state index contributed by atoms with van der Waals surface area (Å²) < 4.78 is 5.40. The van der Waals surface area contributed by atoms with Crippen LogP contribution in [-0.4, -0.2) is 16.0 Å². The van der Waals surface area contributed by atoms with E-state index in [2.05, 4.69) is 15.5 Å². The van der Waals surface area contributed by atoms with Crippen molar-refractivity contribution in [2.24, 2.45) is 5.92 Å². The molecule has 3 aromatic rings. The van der Waals surface area contributed by atoms with Crippen LogP contribution in [0.25, 0.3) is 11.4 Å². The van der Waals surface area contributed by atoms with Crippen molar-refractivity contribution in [1.29, 1.82) is 0 Å². The van der Waals surface area contributed by atoms with Crippen molar-refractivity contribution < 1.29 is 9.32 Å². The van der Waals surface area contributed by atoms with E-state index in [9.17, 15) is 4.79 Å². The number of nitrogens with one attached hydrogen (secondary N) is 1. The Labute approximate surface area is 151 Å². The maximum absolute atomic E-state index is 12.5. The van der Waals surface area contributed by atoms with E-state index in [0.29, 0.717) is 22.3 Å². The van der Waals surface area contributed by atoms with Crippen molar-refractivity contribution in [3.05, 3.63) is 71.1 Å². The lowest BCUT2D eigenvalue weighted by molar-refractivity contribution is 0.0914. The third-order valence-corrected chi connectivity index (χ3v) is 4.01. The lowest BCUT2D eigenvalue weighted by Gasteiger charge is -2.18. The van der Waals surface area contributed by atoms with Crippen LogP contribution in [0.2, 0.25) is 5.02 Å². The van der Waals surface area contributed by atoms with Crippen LogP contribution in [-0.2, 0) is 0 Å². The van der Waals surface area contributed by atoms with Gasteiger partial charge in [0.1, 0.15) is 6.04 Å². The lowest BCUT2D eigenvalue weighted by Crippen LogP contribution is -2.32. The molecule has 0 bridgehead atoms. The fraction of sp³-hybridized carbons (Fsp3) is 0.211. The van der Waals surface area contributed by atoms with E-state index in [4.69, 9.17) is 16.1 Å². The lowest BCUT2D eigenvalue weighted by atomic mass is 10.0. The quantitative estimate of drug-likeness (QED) is 0.730. The van der Waals surface area contributed by atoms with E-state index in [1.807, 2.05) is 44.2 Å². The van der Waals surface area contributed by atoms with Gasteiger partial charge in [-0.05, 0) is 24.1 Å². The second kappa shape index (κ2) is 7.49. The Morgan fingerprint density at radius 2 is 1.88 bits per heavy atom. The molecule has 0 aliphatic carbocycles. The van der Waals surface area contributed by atoms with Gasteiger partial charge in [-0.3, -0.25) is 4.79 Å². The molecule has 5 nitrogen and oxygen atoms in total. The zero-order valence-electron chi connectivity index (χ0n) is 13.9. The molecule has 0 radical (unpaired) electrons. The first-order valence-corrected chi connectivity index (χ1v) is 8.38. The van der Waals surface area contributed by atoms with Gasteiger partial charge < -0.3 is 9.84 Å². The highest BCUT2D eigenvalue weighted by Crippen LogP contribution is 2.24. The summed E-state index contributed by atoms with van der Waals surface area (Å²) in [4.78, 5) is 17.0. The molecule has 0 unspecified atom stereocenters. The number of halogens is 1. The Morgan fingerprint density at radius 1 is 1.12 bits per heavy atom. The predicted octanol–water partition coefficient (Wildman–Crippen LogP) is 4.52. The normalized spacial score (nSPS) is 12.2. The van der Waals surface area contributed by atoms with Crippen molar-refractivity contribution >= 4 is 17.5 Å². The number of carbonyl (C=O) groups is 1. The van der Waals surface area contributed by atoms with Crippen LogP contribution in [0.15, 0.2) is 59.1 Å². The van der Waals surface area contributed by atoms with Gasteiger partial charge in [0, 0.05) is 16.1 Å². The van der Waals surface area contributed by atoms with Crippen LogP contribution in [0, 0.1) is 5.92 Å². The molecule has 3 rings (SSSR count). The molecule has 1 heterocycles. The minimum absolute atomic E-state index is 0.0761. The molecule has 0 aliphatic rings. The van der Waals surface area contributed by atoms with Gasteiger partial charge in [-0.25, -0.2) is 0 Å². The third kappa shape index (κ3) is 4.06. The molecule has 2 aromatic carbocycles. The van der Waals surface area contributed by atoms with Gasteiger partial charge in [0.25, 0.3) is 5.91 Å². The maximum atomic E-state index is 12.5. The molecule has 128 valence electrons. The van der Waals surface area contributed by atoms with Crippen molar-refractivity contribution in [2.75, 3.05) is 0 Å². The van der Waals surface area contributed by atoms with Gasteiger partial charge in [-0.15, -0.1) is 0 Å². The number of carbonyl (C=O) groups excluding carboxylic acids is 1. The highest BCUT2D eigenvalue weighted by atomic mass is 35.5. The van der Waals surface area contributed by atoms with Crippen LogP contribution in [0.1, 0.15) is 36.1 Å². The van der Waals surface area contributed by atoms with Crippen LogP contribution in [0.3, 0.4) is 0 Å². The van der Waals surface area contributed by atoms with Crippen molar-refractivity contribution in [3.8, 4) is 11.4 Å². The summed E-state index contributed by atoms with van der Waals surface area (Å²) >= 11 is 5.96. The first-order chi connectivity index (χ1) is 12.0.